The van der Waals surface area contributed by atoms with Crippen LogP contribution >= 0.6 is 0 Å². The van der Waals surface area contributed by atoms with Crippen LogP contribution in [0.1, 0.15) is 40.9 Å². The zero-order chi connectivity index (χ0) is 23.3. The van der Waals surface area contributed by atoms with Crippen LogP contribution in [0.3, 0.4) is 0 Å². The van der Waals surface area contributed by atoms with Gasteiger partial charge in [0.25, 0.3) is 18.4 Å². The van der Waals surface area contributed by atoms with Crippen LogP contribution in [0.2, 0.25) is 0 Å². The molecule has 2 aliphatic carbocycles. The number of anilines is 1. The van der Waals surface area contributed by atoms with E-state index in [0.29, 0.717) is 17.5 Å². The lowest BCUT2D eigenvalue weighted by Gasteiger charge is -2.33. The van der Waals surface area contributed by atoms with Crippen LogP contribution in [0, 0.1) is 35.3 Å². The first-order valence-corrected chi connectivity index (χ1v) is 10.4. The average molecular weight is 458 g/mol. The Kier molecular flexibility index (Phi) is 5.00. The van der Waals surface area contributed by atoms with Crippen molar-refractivity contribution in [2.24, 2.45) is 22.6 Å². The number of hydrogen-bond acceptors (Lipinski definition) is 5. The summed E-state index contributed by atoms with van der Waals surface area (Å²) in [6.45, 7) is 0. The largest absolute Gasteiger partial charge is 0.462 e. The van der Waals surface area contributed by atoms with Gasteiger partial charge in [-0.15, -0.1) is 0 Å². The molecule has 3 atom stereocenters. The Bertz CT molecular complexity index is 1220. The average Bonchev–Trinajstić information content (AvgIpc) is 3.69. The molecular formula is C23H18F4N4O2. The number of ether oxygens (including phenoxy) is 1. The highest BCUT2D eigenvalue weighted by atomic mass is 19.3. The van der Waals surface area contributed by atoms with Gasteiger partial charge in [0.1, 0.15) is 11.8 Å². The Morgan fingerprint density at radius 3 is 2.73 bits per heavy atom. The zero-order valence-electron chi connectivity index (χ0n) is 17.1. The van der Waals surface area contributed by atoms with Gasteiger partial charge in [-0.05, 0) is 37.5 Å². The van der Waals surface area contributed by atoms with Crippen LogP contribution in [0.15, 0.2) is 35.5 Å². The number of amides is 1. The second-order valence-electron chi connectivity index (χ2n) is 8.32. The molecule has 10 heteroatoms. The Balaban J connectivity index is 1.44. The quantitative estimate of drug-likeness (QED) is 0.542. The third kappa shape index (κ3) is 3.88. The van der Waals surface area contributed by atoms with Gasteiger partial charge in [0.2, 0.25) is 0 Å². The number of pyridine rings is 1. The molecule has 3 N–H and O–H groups in total. The van der Waals surface area contributed by atoms with E-state index in [0.717, 1.165) is 18.9 Å². The van der Waals surface area contributed by atoms with E-state index in [9.17, 15) is 22.4 Å². The molecule has 0 saturated heterocycles. The molecule has 2 heterocycles. The molecule has 0 radical (unpaired) electrons. The van der Waals surface area contributed by atoms with Gasteiger partial charge in [0, 0.05) is 40.9 Å². The number of nitrogens with zero attached hydrogens (tertiary/aromatic N) is 2. The lowest BCUT2D eigenvalue weighted by atomic mass is 9.84. The van der Waals surface area contributed by atoms with Crippen LogP contribution in [-0.2, 0) is 10.3 Å². The van der Waals surface area contributed by atoms with Gasteiger partial charge in [-0.25, -0.2) is 27.5 Å². The highest BCUT2D eigenvalue weighted by Gasteiger charge is 2.64. The molecule has 3 aliphatic rings. The number of benzene rings is 1. The first kappa shape index (κ1) is 21.2. The number of alkyl halides is 2. The van der Waals surface area contributed by atoms with Crippen LogP contribution in [-0.4, -0.2) is 29.4 Å². The van der Waals surface area contributed by atoms with Crippen LogP contribution in [0.5, 0.6) is 0 Å². The monoisotopic (exact) mass is 458 g/mol. The van der Waals surface area contributed by atoms with Crippen LogP contribution in [0.25, 0.3) is 0 Å². The maximum atomic E-state index is 14.7. The van der Waals surface area contributed by atoms with Gasteiger partial charge < -0.3 is 15.8 Å². The van der Waals surface area contributed by atoms with E-state index in [1.54, 1.807) is 6.07 Å². The number of fused-ring (bicyclic) bond motifs is 1. The van der Waals surface area contributed by atoms with Crippen molar-refractivity contribution in [3.8, 4) is 11.8 Å². The molecule has 5 rings (SSSR count). The highest BCUT2D eigenvalue weighted by molar-refractivity contribution is 6.02. The van der Waals surface area contributed by atoms with E-state index in [-0.39, 0.29) is 17.8 Å². The van der Waals surface area contributed by atoms with Gasteiger partial charge in [-0.1, -0.05) is 11.8 Å². The molecule has 1 aromatic heterocycles. The minimum atomic E-state index is -3.18. The SMILES string of the molecule is NC1=N[C@@](c2cc(NC(=O)c3ccc(C#CC4CC4)cn3)cc(F)c2F)(C(F)F)[C@H]2C[C@H]2O1. The highest BCUT2D eigenvalue weighted by Crippen LogP contribution is 2.56. The number of aromatic nitrogens is 1. The Hall–Kier alpha value is -3.61. The molecule has 1 amide bonds. The molecule has 170 valence electrons. The van der Waals surface area contributed by atoms with Gasteiger partial charge in [0.05, 0.1) is 0 Å². The molecule has 2 saturated carbocycles. The van der Waals surface area contributed by atoms with Gasteiger partial charge in [-0.2, -0.15) is 0 Å². The van der Waals surface area contributed by atoms with Crippen molar-refractivity contribution in [3.63, 3.8) is 0 Å². The maximum Gasteiger partial charge on any atom is 0.283 e. The van der Waals surface area contributed by atoms with Crippen molar-refractivity contribution in [2.75, 3.05) is 5.32 Å². The molecule has 2 aromatic rings. The van der Waals surface area contributed by atoms with Gasteiger partial charge in [-0.3, -0.25) is 4.79 Å². The number of amidine groups is 1. The normalized spacial score (nSPS) is 25.3. The lowest BCUT2D eigenvalue weighted by molar-refractivity contribution is 0.0173. The molecule has 33 heavy (non-hydrogen) atoms. The molecule has 2 fully saturated rings. The minimum Gasteiger partial charge on any atom is -0.462 e. The van der Waals surface area contributed by atoms with E-state index in [1.165, 1.54) is 12.3 Å². The van der Waals surface area contributed by atoms with Crippen molar-refractivity contribution >= 4 is 17.6 Å². The summed E-state index contributed by atoms with van der Waals surface area (Å²) in [6, 6.07) is 4.20. The summed E-state index contributed by atoms with van der Waals surface area (Å²) < 4.78 is 62.7. The summed E-state index contributed by atoms with van der Waals surface area (Å²) in [4.78, 5) is 20.3. The fourth-order valence-corrected chi connectivity index (χ4v) is 3.96. The fraction of sp³-hybridized carbons (Fsp3) is 0.348. The summed E-state index contributed by atoms with van der Waals surface area (Å²) in [5.74, 6) is 1.98. The minimum absolute atomic E-state index is 0.00239. The number of carbonyl (C=O) groups is 1. The number of aliphatic imine (C=N–C) groups is 1. The lowest BCUT2D eigenvalue weighted by Crippen LogP contribution is -2.43. The smallest absolute Gasteiger partial charge is 0.283 e. The van der Waals surface area contributed by atoms with Crippen molar-refractivity contribution < 1.29 is 27.1 Å². The molecule has 0 spiro atoms. The molecule has 0 bridgehead atoms. The third-order valence-electron chi connectivity index (χ3n) is 5.91. The van der Waals surface area contributed by atoms with Gasteiger partial charge >= 0.3 is 0 Å². The Morgan fingerprint density at radius 2 is 2.06 bits per heavy atom. The predicted molar refractivity (Wildman–Crippen MR) is 110 cm³/mol. The molecule has 6 nitrogen and oxygen atoms in total. The number of hydrogen-bond donors (Lipinski definition) is 2. The van der Waals surface area contributed by atoms with E-state index in [2.05, 4.69) is 27.1 Å². The number of carbonyl (C=O) groups excluding carboxylic acids is 1. The summed E-state index contributed by atoms with van der Waals surface area (Å²) in [5, 5.41) is 2.38. The maximum absolute atomic E-state index is 14.7. The van der Waals surface area contributed by atoms with Crippen LogP contribution < -0.4 is 11.1 Å². The molecular weight excluding hydrogens is 440 g/mol. The second kappa shape index (κ2) is 7.76. The van der Waals surface area contributed by atoms with E-state index >= 15 is 0 Å². The van der Waals surface area contributed by atoms with E-state index in [4.69, 9.17) is 10.5 Å². The van der Waals surface area contributed by atoms with Crippen molar-refractivity contribution in [2.45, 2.75) is 37.3 Å². The number of rotatable bonds is 4. The van der Waals surface area contributed by atoms with E-state index in [1.807, 2.05) is 0 Å². The molecule has 0 unspecified atom stereocenters. The summed E-state index contributed by atoms with van der Waals surface area (Å²) in [5.41, 5.74) is 2.86. The molecule has 1 aromatic carbocycles. The number of halogens is 4. The van der Waals surface area contributed by atoms with Gasteiger partial charge in [0.15, 0.2) is 17.2 Å². The first-order chi connectivity index (χ1) is 15.8. The van der Waals surface area contributed by atoms with Crippen LogP contribution in [0.4, 0.5) is 23.2 Å². The molecule has 1 aliphatic heterocycles. The van der Waals surface area contributed by atoms with Crippen molar-refractivity contribution in [1.29, 1.82) is 0 Å². The summed E-state index contributed by atoms with van der Waals surface area (Å²) in [7, 11) is 0. The predicted octanol–water partition coefficient (Wildman–Crippen LogP) is 3.57. The first-order valence-electron chi connectivity index (χ1n) is 10.4. The number of nitrogens with one attached hydrogen (secondary N) is 1. The van der Waals surface area contributed by atoms with Crippen molar-refractivity contribution in [3.05, 3.63) is 58.9 Å². The zero-order valence-corrected chi connectivity index (χ0v) is 17.1. The topological polar surface area (TPSA) is 89.6 Å². The Morgan fingerprint density at radius 1 is 1.27 bits per heavy atom. The number of nitrogens with two attached hydrogens (primary N) is 1. The third-order valence-corrected chi connectivity index (χ3v) is 5.91. The Labute approximate surface area is 186 Å². The second-order valence-corrected chi connectivity index (χ2v) is 8.32. The van der Waals surface area contributed by atoms with Crippen molar-refractivity contribution in [1.82, 2.24) is 4.98 Å². The fourth-order valence-electron chi connectivity index (χ4n) is 3.96. The summed E-state index contributed by atoms with van der Waals surface area (Å²) in [6.07, 6.45) is -0.0678. The summed E-state index contributed by atoms with van der Waals surface area (Å²) >= 11 is 0. The van der Waals surface area contributed by atoms with E-state index < -0.39 is 53.1 Å². The standard InChI is InChI=1S/C23H18F4N4O2/c24-16-8-13(30-20(32)17-6-5-12(10-29-17)4-3-11-1-2-11)7-15(19(16)25)23(21(26)27)14-9-18(14)33-22(28)31-23/h5-8,10-11,14,18,21H,1-2,9H2,(H2,28,31)(H,30,32)/t14-,18+,23-/m0/s1.